The molecule has 0 atom stereocenters. The van der Waals surface area contributed by atoms with E-state index in [0.717, 1.165) is 42.9 Å². The van der Waals surface area contributed by atoms with Crippen LogP contribution in [-0.4, -0.2) is 69.9 Å². The zero-order valence-corrected chi connectivity index (χ0v) is 17.9. The normalized spacial score (nSPS) is 19.7. The van der Waals surface area contributed by atoms with E-state index >= 15 is 0 Å². The first-order valence-electron chi connectivity index (χ1n) is 10.0. The number of carbonyl (C=O) groups excluding carboxylic acids is 1. The van der Waals surface area contributed by atoms with E-state index in [4.69, 9.17) is 21.2 Å². The molecule has 0 radical (unpaired) electrons. The first-order valence-corrected chi connectivity index (χ1v) is 10.4. The molecule has 4 rings (SSSR count). The van der Waals surface area contributed by atoms with Crippen molar-refractivity contribution in [1.29, 1.82) is 0 Å². The molecule has 0 spiro atoms. The van der Waals surface area contributed by atoms with Crippen molar-refractivity contribution in [2.75, 3.05) is 44.3 Å². The fourth-order valence-corrected chi connectivity index (χ4v) is 3.76. The SMILES string of the molecule is CC(C)(C)C(=O)ON1CCC(n2cnc3c(N4CCOCC4)nc(Cl)nc32)CC1. The van der Waals surface area contributed by atoms with E-state index in [2.05, 4.69) is 24.4 Å². The maximum atomic E-state index is 12.1. The van der Waals surface area contributed by atoms with Gasteiger partial charge in [0.25, 0.3) is 0 Å². The Morgan fingerprint density at radius 3 is 2.52 bits per heavy atom. The van der Waals surface area contributed by atoms with Crippen molar-refractivity contribution in [2.45, 2.75) is 39.7 Å². The quantitative estimate of drug-likeness (QED) is 0.697. The van der Waals surface area contributed by atoms with Crippen LogP contribution in [0.4, 0.5) is 5.82 Å². The Bertz CT molecular complexity index is 882. The molecule has 158 valence electrons. The molecule has 2 aromatic heterocycles. The van der Waals surface area contributed by atoms with Crippen LogP contribution in [0.15, 0.2) is 6.33 Å². The van der Waals surface area contributed by atoms with Crippen molar-refractivity contribution < 1.29 is 14.4 Å². The number of ether oxygens (including phenoxy) is 1. The molecule has 0 aromatic carbocycles. The monoisotopic (exact) mass is 422 g/mol. The molecule has 2 aromatic rings. The Labute approximate surface area is 174 Å². The van der Waals surface area contributed by atoms with E-state index in [1.54, 1.807) is 5.06 Å². The minimum absolute atomic E-state index is 0.210. The lowest BCUT2D eigenvalue weighted by atomic mass is 9.98. The van der Waals surface area contributed by atoms with E-state index in [0.29, 0.717) is 26.3 Å². The lowest BCUT2D eigenvalue weighted by Crippen LogP contribution is -2.39. The molecule has 0 saturated carbocycles. The number of hydrogen-bond acceptors (Lipinski definition) is 8. The van der Waals surface area contributed by atoms with Gasteiger partial charge in [-0.3, -0.25) is 0 Å². The number of carbonyl (C=O) groups is 1. The summed E-state index contributed by atoms with van der Waals surface area (Å²) in [6, 6.07) is 0.216. The zero-order chi connectivity index (χ0) is 20.6. The lowest BCUT2D eigenvalue weighted by Gasteiger charge is -2.32. The number of anilines is 1. The van der Waals surface area contributed by atoms with Gasteiger partial charge >= 0.3 is 5.97 Å². The van der Waals surface area contributed by atoms with Crippen LogP contribution in [0, 0.1) is 5.41 Å². The van der Waals surface area contributed by atoms with Crippen LogP contribution in [0.1, 0.15) is 39.7 Å². The molecule has 10 heteroatoms. The predicted octanol–water partition coefficient (Wildman–Crippen LogP) is 2.46. The van der Waals surface area contributed by atoms with Crippen molar-refractivity contribution in [3.05, 3.63) is 11.6 Å². The average Bonchev–Trinajstić information content (AvgIpc) is 3.11. The van der Waals surface area contributed by atoms with Crippen LogP contribution >= 0.6 is 11.6 Å². The topological polar surface area (TPSA) is 85.6 Å². The number of rotatable bonds is 3. The number of nitrogens with zero attached hydrogens (tertiary/aromatic N) is 6. The van der Waals surface area contributed by atoms with Gasteiger partial charge in [0.2, 0.25) is 5.28 Å². The zero-order valence-electron chi connectivity index (χ0n) is 17.1. The molecule has 0 bridgehead atoms. The highest BCUT2D eigenvalue weighted by molar-refractivity contribution is 6.28. The smallest absolute Gasteiger partial charge is 0.330 e. The third-order valence-corrected chi connectivity index (χ3v) is 5.50. The molecular weight excluding hydrogens is 396 g/mol. The Hall–Kier alpha value is -1.97. The van der Waals surface area contributed by atoms with Crippen molar-refractivity contribution in [3.8, 4) is 0 Å². The Morgan fingerprint density at radius 1 is 1.17 bits per heavy atom. The van der Waals surface area contributed by atoms with Crippen LogP contribution in [0.3, 0.4) is 0 Å². The second-order valence-electron chi connectivity index (χ2n) is 8.53. The molecule has 0 aliphatic carbocycles. The summed E-state index contributed by atoms with van der Waals surface area (Å²) in [7, 11) is 0. The number of piperidine rings is 1. The number of morpholine rings is 1. The number of halogens is 1. The highest BCUT2D eigenvalue weighted by atomic mass is 35.5. The number of fused-ring (bicyclic) bond motifs is 1. The van der Waals surface area contributed by atoms with Crippen molar-refractivity contribution in [3.63, 3.8) is 0 Å². The molecule has 9 nitrogen and oxygen atoms in total. The van der Waals surface area contributed by atoms with Crippen LogP contribution in [0.2, 0.25) is 5.28 Å². The van der Waals surface area contributed by atoms with Gasteiger partial charge in [-0.15, -0.1) is 5.06 Å². The first-order chi connectivity index (χ1) is 13.8. The minimum Gasteiger partial charge on any atom is -0.378 e. The summed E-state index contributed by atoms with van der Waals surface area (Å²) in [4.78, 5) is 33.3. The number of hydroxylamine groups is 2. The van der Waals surface area contributed by atoms with Crippen molar-refractivity contribution in [2.24, 2.45) is 5.41 Å². The van der Waals surface area contributed by atoms with Crippen LogP contribution in [0.25, 0.3) is 11.2 Å². The van der Waals surface area contributed by atoms with Crippen LogP contribution < -0.4 is 4.90 Å². The summed E-state index contributed by atoms with van der Waals surface area (Å²) in [6.07, 6.45) is 3.48. The average molecular weight is 423 g/mol. The summed E-state index contributed by atoms with van der Waals surface area (Å²) < 4.78 is 7.52. The number of aromatic nitrogens is 4. The van der Waals surface area contributed by atoms with Gasteiger partial charge in [0.15, 0.2) is 17.0 Å². The van der Waals surface area contributed by atoms with Gasteiger partial charge in [-0.05, 0) is 45.2 Å². The van der Waals surface area contributed by atoms with Gasteiger partial charge in [-0.1, -0.05) is 0 Å². The minimum atomic E-state index is -0.513. The third-order valence-electron chi connectivity index (χ3n) is 5.33. The molecule has 2 saturated heterocycles. The highest BCUT2D eigenvalue weighted by Gasteiger charge is 2.30. The molecule has 0 amide bonds. The summed E-state index contributed by atoms with van der Waals surface area (Å²) in [5, 5.41) is 1.97. The molecule has 2 aliphatic heterocycles. The molecule has 2 fully saturated rings. The molecular formula is C19H27ClN6O3. The summed E-state index contributed by atoms with van der Waals surface area (Å²) >= 11 is 6.25. The molecule has 29 heavy (non-hydrogen) atoms. The van der Waals surface area contributed by atoms with E-state index < -0.39 is 5.41 Å². The molecule has 0 unspecified atom stereocenters. The van der Waals surface area contributed by atoms with Crippen molar-refractivity contribution >= 4 is 34.6 Å². The molecule has 4 heterocycles. The summed E-state index contributed by atoms with van der Waals surface area (Å²) in [6.45, 7) is 9.74. The van der Waals surface area contributed by atoms with E-state index in [9.17, 15) is 4.79 Å². The standard InChI is InChI=1S/C19H27ClN6O3/c1-19(2,3)17(27)29-25-6-4-13(5-7-25)26-12-21-14-15(22-18(20)23-16(14)26)24-8-10-28-11-9-24/h12-13H,4-11H2,1-3H3. The van der Waals surface area contributed by atoms with Crippen LogP contribution in [0.5, 0.6) is 0 Å². The van der Waals surface area contributed by atoms with E-state index in [-0.39, 0.29) is 17.3 Å². The third kappa shape index (κ3) is 4.31. The van der Waals surface area contributed by atoms with Gasteiger partial charge < -0.3 is 19.0 Å². The van der Waals surface area contributed by atoms with E-state index in [1.807, 2.05) is 27.1 Å². The second kappa shape index (κ2) is 8.04. The first kappa shape index (κ1) is 20.3. The number of hydrogen-bond donors (Lipinski definition) is 0. The summed E-state index contributed by atoms with van der Waals surface area (Å²) in [5.74, 6) is 0.553. The largest absolute Gasteiger partial charge is 0.378 e. The van der Waals surface area contributed by atoms with Gasteiger partial charge in [-0.2, -0.15) is 9.97 Å². The summed E-state index contributed by atoms with van der Waals surface area (Å²) in [5.41, 5.74) is 0.996. The van der Waals surface area contributed by atoms with Crippen molar-refractivity contribution in [1.82, 2.24) is 24.6 Å². The predicted molar refractivity (Wildman–Crippen MR) is 109 cm³/mol. The van der Waals surface area contributed by atoms with Crippen LogP contribution in [-0.2, 0) is 14.4 Å². The fourth-order valence-electron chi connectivity index (χ4n) is 3.60. The fraction of sp³-hybridized carbons (Fsp3) is 0.684. The van der Waals surface area contributed by atoms with Gasteiger partial charge in [-0.25, -0.2) is 9.78 Å². The van der Waals surface area contributed by atoms with E-state index in [1.165, 1.54) is 0 Å². The van der Waals surface area contributed by atoms with Gasteiger partial charge in [0.05, 0.1) is 25.0 Å². The maximum Gasteiger partial charge on any atom is 0.330 e. The Kier molecular flexibility index (Phi) is 5.63. The lowest BCUT2D eigenvalue weighted by molar-refractivity contribution is -0.205. The van der Waals surface area contributed by atoms with Gasteiger partial charge in [0, 0.05) is 32.2 Å². The highest BCUT2D eigenvalue weighted by Crippen LogP contribution is 2.31. The Balaban J connectivity index is 1.51. The van der Waals surface area contributed by atoms with Gasteiger partial charge in [0.1, 0.15) is 0 Å². The number of imidazole rings is 1. The molecule has 2 aliphatic rings. The Morgan fingerprint density at radius 2 is 1.86 bits per heavy atom. The second-order valence-corrected chi connectivity index (χ2v) is 8.87. The molecule has 0 N–H and O–H groups in total. The maximum absolute atomic E-state index is 12.1.